The maximum Gasteiger partial charge on any atom is 0.298 e. The van der Waals surface area contributed by atoms with Crippen LogP contribution in [0.15, 0.2) is 57.4 Å². The van der Waals surface area contributed by atoms with Gasteiger partial charge in [-0.1, -0.05) is 12.1 Å². The summed E-state index contributed by atoms with van der Waals surface area (Å²) in [5.74, 6) is 0.662. The molecule has 7 nitrogen and oxygen atoms in total. The molecular formula is C20H18FN5O2. The van der Waals surface area contributed by atoms with Gasteiger partial charge < -0.3 is 13.7 Å². The van der Waals surface area contributed by atoms with E-state index in [4.69, 9.17) is 8.83 Å². The molecule has 0 amide bonds. The van der Waals surface area contributed by atoms with Crippen molar-refractivity contribution >= 4 is 17.1 Å². The van der Waals surface area contributed by atoms with Crippen LogP contribution in [-0.4, -0.2) is 46.3 Å². The first-order valence-electron chi connectivity index (χ1n) is 9.16. The summed E-state index contributed by atoms with van der Waals surface area (Å²) in [6.45, 7) is 3.88. The highest BCUT2D eigenvalue weighted by molar-refractivity contribution is 5.74. The number of aromatic nitrogens is 3. The van der Waals surface area contributed by atoms with Crippen LogP contribution >= 0.6 is 0 Å². The number of piperazine rings is 1. The number of nitrogens with zero attached hydrogens (tertiary/aromatic N) is 5. The summed E-state index contributed by atoms with van der Waals surface area (Å²) < 4.78 is 24.6. The molecule has 1 aliphatic rings. The van der Waals surface area contributed by atoms with Crippen LogP contribution in [-0.2, 0) is 6.54 Å². The van der Waals surface area contributed by atoms with Gasteiger partial charge in [0.25, 0.3) is 6.01 Å². The van der Waals surface area contributed by atoms with Gasteiger partial charge in [0.05, 0.1) is 6.54 Å². The molecule has 1 saturated heterocycles. The van der Waals surface area contributed by atoms with Crippen LogP contribution in [0.2, 0.25) is 0 Å². The Morgan fingerprint density at radius 2 is 1.68 bits per heavy atom. The van der Waals surface area contributed by atoms with Crippen LogP contribution < -0.4 is 4.90 Å². The number of rotatable bonds is 4. The van der Waals surface area contributed by atoms with Crippen molar-refractivity contribution in [3.8, 4) is 11.5 Å². The van der Waals surface area contributed by atoms with Crippen molar-refractivity contribution in [1.82, 2.24) is 20.1 Å². The van der Waals surface area contributed by atoms with E-state index in [9.17, 15) is 4.39 Å². The minimum Gasteiger partial charge on any atom is -0.423 e. The summed E-state index contributed by atoms with van der Waals surface area (Å²) in [7, 11) is 0. The van der Waals surface area contributed by atoms with E-state index in [1.54, 1.807) is 12.1 Å². The fraction of sp³-hybridized carbons (Fsp3) is 0.250. The number of hydrogen-bond donors (Lipinski definition) is 0. The predicted octanol–water partition coefficient (Wildman–Crippen LogP) is 3.34. The third-order valence-electron chi connectivity index (χ3n) is 4.84. The number of oxazole rings is 1. The first-order chi connectivity index (χ1) is 13.7. The molecule has 0 bridgehead atoms. The number of para-hydroxylation sites is 2. The first kappa shape index (κ1) is 16.9. The van der Waals surface area contributed by atoms with Gasteiger partial charge in [0, 0.05) is 31.7 Å². The Bertz CT molecular complexity index is 1050. The Hall–Kier alpha value is -3.26. The van der Waals surface area contributed by atoms with Crippen molar-refractivity contribution in [1.29, 1.82) is 0 Å². The van der Waals surface area contributed by atoms with E-state index in [0.29, 0.717) is 29.9 Å². The maximum atomic E-state index is 13.0. The molecule has 1 aliphatic heterocycles. The molecule has 0 saturated carbocycles. The molecule has 1 fully saturated rings. The molecule has 4 aromatic rings. The lowest BCUT2D eigenvalue weighted by Crippen LogP contribution is -2.46. The van der Waals surface area contributed by atoms with Gasteiger partial charge in [-0.3, -0.25) is 4.90 Å². The van der Waals surface area contributed by atoms with E-state index in [2.05, 4.69) is 25.0 Å². The Balaban J connectivity index is 1.21. The lowest BCUT2D eigenvalue weighted by atomic mass is 10.2. The summed E-state index contributed by atoms with van der Waals surface area (Å²) in [5.41, 5.74) is 2.39. The number of anilines is 1. The topological polar surface area (TPSA) is 71.4 Å². The number of halogens is 1. The molecule has 0 N–H and O–H groups in total. The number of benzene rings is 2. The highest BCUT2D eigenvalue weighted by atomic mass is 19.1. The Morgan fingerprint density at radius 3 is 2.46 bits per heavy atom. The molecule has 8 heteroatoms. The van der Waals surface area contributed by atoms with E-state index < -0.39 is 0 Å². The van der Waals surface area contributed by atoms with Crippen molar-refractivity contribution in [2.75, 3.05) is 31.1 Å². The zero-order valence-electron chi connectivity index (χ0n) is 15.1. The molecule has 0 spiro atoms. The van der Waals surface area contributed by atoms with Crippen LogP contribution in [0.4, 0.5) is 10.4 Å². The Kier molecular flexibility index (Phi) is 4.25. The average Bonchev–Trinajstić information content (AvgIpc) is 3.36. The second-order valence-corrected chi connectivity index (χ2v) is 6.74. The molecule has 5 rings (SSSR count). The van der Waals surface area contributed by atoms with Gasteiger partial charge in [0.1, 0.15) is 11.3 Å². The van der Waals surface area contributed by atoms with E-state index >= 15 is 0 Å². The van der Waals surface area contributed by atoms with Crippen LogP contribution in [0.25, 0.3) is 22.6 Å². The van der Waals surface area contributed by atoms with E-state index in [1.807, 2.05) is 24.3 Å². The van der Waals surface area contributed by atoms with Gasteiger partial charge in [-0.05, 0) is 36.4 Å². The predicted molar refractivity (Wildman–Crippen MR) is 101 cm³/mol. The summed E-state index contributed by atoms with van der Waals surface area (Å²) >= 11 is 0. The van der Waals surface area contributed by atoms with E-state index in [-0.39, 0.29) is 5.82 Å². The monoisotopic (exact) mass is 379 g/mol. The van der Waals surface area contributed by atoms with Gasteiger partial charge in [-0.2, -0.15) is 4.98 Å². The fourth-order valence-corrected chi connectivity index (χ4v) is 3.31. The van der Waals surface area contributed by atoms with Gasteiger partial charge in [0.2, 0.25) is 11.8 Å². The minimum atomic E-state index is -0.291. The molecule has 28 heavy (non-hydrogen) atoms. The van der Waals surface area contributed by atoms with Gasteiger partial charge in [0.15, 0.2) is 5.58 Å². The maximum absolute atomic E-state index is 13.0. The highest BCUT2D eigenvalue weighted by Gasteiger charge is 2.22. The van der Waals surface area contributed by atoms with Gasteiger partial charge in [-0.15, -0.1) is 10.2 Å². The Morgan fingerprint density at radius 1 is 0.893 bits per heavy atom. The fourth-order valence-electron chi connectivity index (χ4n) is 3.31. The highest BCUT2D eigenvalue weighted by Crippen LogP contribution is 2.23. The molecule has 0 aliphatic carbocycles. The smallest absolute Gasteiger partial charge is 0.298 e. The van der Waals surface area contributed by atoms with Crippen LogP contribution in [0.1, 0.15) is 5.89 Å². The SMILES string of the molecule is Fc1ccc(-c2nnc(CN3CCN(c4nc5ccccc5o4)CC3)o2)cc1. The van der Waals surface area contributed by atoms with Crippen LogP contribution in [0.5, 0.6) is 0 Å². The third kappa shape index (κ3) is 3.34. The van der Waals surface area contributed by atoms with Crippen molar-refractivity contribution in [2.45, 2.75) is 6.54 Å². The second kappa shape index (κ2) is 7.05. The zero-order chi connectivity index (χ0) is 18.9. The van der Waals surface area contributed by atoms with Crippen molar-refractivity contribution in [3.05, 3.63) is 60.2 Å². The van der Waals surface area contributed by atoms with Gasteiger partial charge >= 0.3 is 0 Å². The molecule has 142 valence electrons. The number of hydrogen-bond acceptors (Lipinski definition) is 7. The average molecular weight is 379 g/mol. The molecular weight excluding hydrogens is 361 g/mol. The molecule has 0 unspecified atom stereocenters. The number of fused-ring (bicyclic) bond motifs is 1. The molecule has 2 aromatic carbocycles. The van der Waals surface area contributed by atoms with Crippen molar-refractivity contribution in [3.63, 3.8) is 0 Å². The van der Waals surface area contributed by atoms with Crippen LogP contribution in [0.3, 0.4) is 0 Å². The van der Waals surface area contributed by atoms with Crippen LogP contribution in [0, 0.1) is 5.82 Å². The van der Waals surface area contributed by atoms with E-state index in [0.717, 1.165) is 37.3 Å². The van der Waals surface area contributed by atoms with Crippen molar-refractivity contribution < 1.29 is 13.2 Å². The zero-order valence-corrected chi connectivity index (χ0v) is 15.1. The normalized spacial score (nSPS) is 15.4. The summed E-state index contributed by atoms with van der Waals surface area (Å²) in [4.78, 5) is 8.96. The third-order valence-corrected chi connectivity index (χ3v) is 4.84. The quantitative estimate of drug-likeness (QED) is 0.538. The molecule has 0 atom stereocenters. The minimum absolute atomic E-state index is 0.291. The summed E-state index contributed by atoms with van der Waals surface area (Å²) in [6.07, 6.45) is 0. The second-order valence-electron chi connectivity index (χ2n) is 6.74. The molecule has 3 heterocycles. The summed E-state index contributed by atoms with van der Waals surface area (Å²) in [5, 5.41) is 8.19. The lowest BCUT2D eigenvalue weighted by molar-refractivity contribution is 0.223. The van der Waals surface area contributed by atoms with Gasteiger partial charge in [-0.25, -0.2) is 4.39 Å². The Labute approximate surface area is 160 Å². The van der Waals surface area contributed by atoms with E-state index in [1.165, 1.54) is 12.1 Å². The molecule has 2 aromatic heterocycles. The molecule has 0 radical (unpaired) electrons. The standard InChI is InChI=1S/C20H18FN5O2/c21-15-7-5-14(6-8-15)19-24-23-18(28-19)13-25-9-11-26(12-10-25)20-22-16-3-1-2-4-17(16)27-20/h1-8H,9-13H2. The summed E-state index contributed by atoms with van der Waals surface area (Å²) in [6, 6.07) is 14.5. The lowest BCUT2D eigenvalue weighted by Gasteiger charge is -2.32. The first-order valence-corrected chi connectivity index (χ1v) is 9.16. The van der Waals surface area contributed by atoms with Crippen molar-refractivity contribution in [2.24, 2.45) is 0 Å². The largest absolute Gasteiger partial charge is 0.423 e.